The van der Waals surface area contributed by atoms with Crippen molar-refractivity contribution in [3.05, 3.63) is 19.7 Å². The highest BCUT2D eigenvalue weighted by atomic mass is 79.9. The van der Waals surface area contributed by atoms with E-state index in [0.717, 1.165) is 13.7 Å². The molecule has 10 heavy (non-hydrogen) atoms. The number of hydrogen-bond donors (Lipinski definition) is 1. The fraction of sp³-hybridized carbons (Fsp3) is 0.200. The maximum atomic E-state index is 8.79. The fourth-order valence-electron chi connectivity index (χ4n) is 0.594. The molecule has 0 radical (unpaired) electrons. The van der Waals surface area contributed by atoms with Crippen molar-refractivity contribution in [3.8, 4) is 0 Å². The molecule has 0 amide bonds. The minimum Gasteiger partial charge on any atom is -0.376 e. The van der Waals surface area contributed by atoms with Crippen LogP contribution < -0.4 is 0 Å². The van der Waals surface area contributed by atoms with Gasteiger partial charge in [-0.15, -0.1) is 0 Å². The highest BCUT2D eigenvalue weighted by molar-refractivity contribution is 9.13. The minimum atomic E-state index is -0.0350. The lowest BCUT2D eigenvalue weighted by Crippen LogP contribution is -1.95. The number of rotatable bonds is 1. The summed E-state index contributed by atoms with van der Waals surface area (Å²) in [6, 6.07) is 1.86. The summed E-state index contributed by atoms with van der Waals surface area (Å²) in [5.41, 5.74) is 0. The Hall–Kier alpha value is 0.680. The zero-order chi connectivity index (χ0) is 7.72. The van der Waals surface area contributed by atoms with Crippen LogP contribution >= 0.6 is 47.8 Å². The first kappa shape index (κ1) is 8.77. The van der Waals surface area contributed by atoms with Gasteiger partial charge in [0.25, 0.3) is 0 Å². The largest absolute Gasteiger partial charge is 0.376 e. The summed E-state index contributed by atoms with van der Waals surface area (Å²) < 4.78 is 4.27. The summed E-state index contributed by atoms with van der Waals surface area (Å²) in [6.45, 7) is -0.0350. The van der Waals surface area contributed by atoms with E-state index in [2.05, 4.69) is 47.8 Å². The Morgan fingerprint density at radius 1 is 1.40 bits per heavy atom. The molecule has 0 aliphatic heterocycles. The van der Waals surface area contributed by atoms with E-state index < -0.39 is 0 Å². The zero-order valence-electron chi connectivity index (χ0n) is 4.81. The third-order valence-corrected chi connectivity index (χ3v) is 3.73. The Bertz CT molecular complexity index is 245. The predicted molar refractivity (Wildman–Crippen MR) is 49.8 cm³/mol. The number of nitrogens with zero attached hydrogens (tertiary/aromatic N) is 1. The smallest absolute Gasteiger partial charge is 0.121 e. The lowest BCUT2D eigenvalue weighted by atomic mass is 10.7. The molecule has 5 heteroatoms. The lowest BCUT2D eigenvalue weighted by Gasteiger charge is -1.99. The highest BCUT2D eigenvalue weighted by Gasteiger charge is 2.06. The molecule has 0 aromatic carbocycles. The first-order chi connectivity index (χ1) is 4.66. The van der Waals surface area contributed by atoms with Crippen molar-refractivity contribution < 1.29 is 5.11 Å². The standard InChI is InChI=1S/C5H4Br3NO/c6-3-1-4(7)9(2-10)5(3)8/h1,10H,2H2. The van der Waals surface area contributed by atoms with Gasteiger partial charge in [-0.1, -0.05) is 0 Å². The van der Waals surface area contributed by atoms with Gasteiger partial charge in [-0.2, -0.15) is 0 Å². The first-order valence-electron chi connectivity index (χ1n) is 2.47. The van der Waals surface area contributed by atoms with Crippen molar-refractivity contribution in [1.82, 2.24) is 4.57 Å². The quantitative estimate of drug-likeness (QED) is 0.840. The summed E-state index contributed by atoms with van der Waals surface area (Å²) in [5, 5.41) is 8.79. The minimum absolute atomic E-state index is 0.0350. The Morgan fingerprint density at radius 3 is 2.20 bits per heavy atom. The second kappa shape index (κ2) is 3.38. The molecule has 1 N–H and O–H groups in total. The second-order valence-electron chi connectivity index (χ2n) is 1.68. The van der Waals surface area contributed by atoms with Crippen molar-refractivity contribution in [2.24, 2.45) is 0 Å². The Balaban J connectivity index is 3.20. The molecule has 56 valence electrons. The van der Waals surface area contributed by atoms with Crippen LogP contribution in [0.15, 0.2) is 19.7 Å². The number of aliphatic hydroxyl groups is 1. The molecule has 0 saturated carbocycles. The van der Waals surface area contributed by atoms with Crippen LogP contribution in [0.25, 0.3) is 0 Å². The molecule has 0 atom stereocenters. The third-order valence-electron chi connectivity index (χ3n) is 1.08. The van der Waals surface area contributed by atoms with E-state index in [1.165, 1.54) is 0 Å². The molecule has 1 aromatic rings. The lowest BCUT2D eigenvalue weighted by molar-refractivity contribution is 0.206. The molecule has 0 saturated heterocycles. The maximum Gasteiger partial charge on any atom is 0.121 e. The van der Waals surface area contributed by atoms with Gasteiger partial charge < -0.3 is 9.67 Å². The number of aliphatic hydroxyl groups excluding tert-OH is 1. The normalized spacial score (nSPS) is 10.4. The SMILES string of the molecule is OCn1c(Br)cc(Br)c1Br. The molecule has 0 aliphatic rings. The van der Waals surface area contributed by atoms with Crippen LogP contribution in [0.4, 0.5) is 0 Å². The number of halogens is 3. The molecule has 1 rings (SSSR count). The van der Waals surface area contributed by atoms with Crippen molar-refractivity contribution >= 4 is 47.8 Å². The van der Waals surface area contributed by atoms with Gasteiger partial charge >= 0.3 is 0 Å². The first-order valence-corrected chi connectivity index (χ1v) is 4.85. The van der Waals surface area contributed by atoms with Gasteiger partial charge in [-0.3, -0.25) is 0 Å². The molecule has 0 unspecified atom stereocenters. The van der Waals surface area contributed by atoms with Gasteiger partial charge in [0.05, 0.1) is 9.08 Å². The van der Waals surface area contributed by atoms with Crippen molar-refractivity contribution in [3.63, 3.8) is 0 Å². The van der Waals surface area contributed by atoms with Gasteiger partial charge in [0.2, 0.25) is 0 Å². The predicted octanol–water partition coefficient (Wildman–Crippen LogP) is 2.73. The van der Waals surface area contributed by atoms with E-state index in [0.29, 0.717) is 0 Å². The molecule has 0 aliphatic carbocycles. The topological polar surface area (TPSA) is 25.2 Å². The molecule has 2 nitrogen and oxygen atoms in total. The van der Waals surface area contributed by atoms with Crippen LogP contribution in [0.1, 0.15) is 0 Å². The van der Waals surface area contributed by atoms with Gasteiger partial charge in [-0.05, 0) is 53.9 Å². The van der Waals surface area contributed by atoms with Crippen molar-refractivity contribution in [2.45, 2.75) is 6.73 Å². The molecule has 1 aromatic heterocycles. The summed E-state index contributed by atoms with van der Waals surface area (Å²) in [6.07, 6.45) is 0. The van der Waals surface area contributed by atoms with E-state index in [1.807, 2.05) is 6.07 Å². The van der Waals surface area contributed by atoms with E-state index in [9.17, 15) is 0 Å². The average Bonchev–Trinajstić information content (AvgIpc) is 2.09. The Labute approximate surface area is 83.6 Å². The monoisotopic (exact) mass is 331 g/mol. The maximum absolute atomic E-state index is 8.79. The van der Waals surface area contributed by atoms with Crippen LogP contribution in [-0.2, 0) is 6.73 Å². The number of aromatic nitrogens is 1. The van der Waals surface area contributed by atoms with Gasteiger partial charge in [0.1, 0.15) is 11.3 Å². The Kier molecular flexibility index (Phi) is 2.97. The van der Waals surface area contributed by atoms with Gasteiger partial charge in [0.15, 0.2) is 0 Å². The van der Waals surface area contributed by atoms with Crippen LogP contribution in [0, 0.1) is 0 Å². The molecular formula is C5H4Br3NO. The van der Waals surface area contributed by atoms with Gasteiger partial charge in [-0.25, -0.2) is 0 Å². The molecule has 1 heterocycles. The average molecular weight is 334 g/mol. The fourth-order valence-corrected chi connectivity index (χ4v) is 2.51. The molecule has 0 bridgehead atoms. The van der Waals surface area contributed by atoms with E-state index >= 15 is 0 Å². The van der Waals surface area contributed by atoms with Crippen molar-refractivity contribution in [2.75, 3.05) is 0 Å². The summed E-state index contributed by atoms with van der Waals surface area (Å²) >= 11 is 9.86. The van der Waals surface area contributed by atoms with Gasteiger partial charge in [0, 0.05) is 0 Å². The van der Waals surface area contributed by atoms with E-state index in [1.54, 1.807) is 4.57 Å². The third kappa shape index (κ3) is 1.47. The molecular weight excluding hydrogens is 330 g/mol. The van der Waals surface area contributed by atoms with Crippen molar-refractivity contribution in [1.29, 1.82) is 0 Å². The van der Waals surface area contributed by atoms with Crippen LogP contribution in [-0.4, -0.2) is 9.67 Å². The summed E-state index contributed by atoms with van der Waals surface area (Å²) in [4.78, 5) is 0. The second-order valence-corrected chi connectivity index (χ2v) is 4.09. The summed E-state index contributed by atoms with van der Waals surface area (Å²) in [5.74, 6) is 0. The van der Waals surface area contributed by atoms with E-state index in [-0.39, 0.29) is 6.73 Å². The highest BCUT2D eigenvalue weighted by Crippen LogP contribution is 2.29. The summed E-state index contributed by atoms with van der Waals surface area (Å²) in [7, 11) is 0. The number of hydrogen-bond acceptors (Lipinski definition) is 1. The van der Waals surface area contributed by atoms with Crippen LogP contribution in [0.2, 0.25) is 0 Å². The molecule has 0 fully saturated rings. The van der Waals surface area contributed by atoms with Crippen LogP contribution in [0.5, 0.6) is 0 Å². The molecule has 0 spiro atoms. The Morgan fingerprint density at radius 2 is 2.00 bits per heavy atom. The van der Waals surface area contributed by atoms with E-state index in [4.69, 9.17) is 5.11 Å². The van der Waals surface area contributed by atoms with Crippen LogP contribution in [0.3, 0.4) is 0 Å². The zero-order valence-corrected chi connectivity index (χ0v) is 9.57.